The number of hydrogen-bond donors (Lipinski definition) is 0. The van der Waals surface area contributed by atoms with Crippen LogP contribution < -0.4 is 0 Å². The lowest BCUT2D eigenvalue weighted by Crippen LogP contribution is -1.87. The third-order valence-corrected chi connectivity index (χ3v) is 3.40. The second kappa shape index (κ2) is 4.80. The van der Waals surface area contributed by atoms with Crippen molar-refractivity contribution in [2.45, 2.75) is 26.2 Å². The highest BCUT2D eigenvalue weighted by Gasteiger charge is 2.03. The Bertz CT molecular complexity index is 455. The minimum absolute atomic E-state index is 1.18. The molecule has 0 nitrogen and oxygen atoms in total. The van der Waals surface area contributed by atoms with Gasteiger partial charge in [-0.25, -0.2) is 0 Å². The zero-order chi connectivity index (χ0) is 10.7. The number of aryl methyl sites for hydroxylation is 1. The topological polar surface area (TPSA) is 0 Å². The summed E-state index contributed by atoms with van der Waals surface area (Å²) in [5.41, 5.74) is 1.46. The molecule has 0 N–H and O–H groups in total. The molecule has 0 saturated carbocycles. The second-order valence-corrected chi connectivity index (χ2v) is 4.71. The van der Waals surface area contributed by atoms with Gasteiger partial charge in [-0.05, 0) is 35.2 Å². The number of fused-ring (bicyclic) bond motifs is 1. The van der Waals surface area contributed by atoms with E-state index < -0.39 is 0 Å². The van der Waals surface area contributed by atoms with Crippen LogP contribution in [0, 0.1) is 0 Å². The first kappa shape index (κ1) is 10.7. The van der Waals surface area contributed by atoms with E-state index in [0.717, 1.165) is 0 Å². The SMILES string of the molecule is CCCCc1cccc2cccc(Br)c12. The van der Waals surface area contributed by atoms with Gasteiger partial charge in [0.05, 0.1) is 0 Å². The van der Waals surface area contributed by atoms with Crippen molar-refractivity contribution in [3.63, 3.8) is 0 Å². The second-order valence-electron chi connectivity index (χ2n) is 3.86. The van der Waals surface area contributed by atoms with Gasteiger partial charge in [0.15, 0.2) is 0 Å². The van der Waals surface area contributed by atoms with Crippen LogP contribution in [0.2, 0.25) is 0 Å². The average molecular weight is 263 g/mol. The molecule has 0 aliphatic rings. The molecule has 0 aromatic heterocycles. The predicted octanol–water partition coefficient (Wildman–Crippen LogP) is 4.94. The fourth-order valence-electron chi connectivity index (χ4n) is 1.95. The first-order valence-electron chi connectivity index (χ1n) is 5.49. The first-order valence-corrected chi connectivity index (χ1v) is 6.28. The van der Waals surface area contributed by atoms with Crippen molar-refractivity contribution in [3.05, 3.63) is 46.4 Å². The molecule has 0 bridgehead atoms. The number of rotatable bonds is 3. The van der Waals surface area contributed by atoms with Gasteiger partial charge in [-0.3, -0.25) is 0 Å². The zero-order valence-corrected chi connectivity index (χ0v) is 10.5. The zero-order valence-electron chi connectivity index (χ0n) is 8.96. The van der Waals surface area contributed by atoms with E-state index in [1.165, 1.54) is 40.1 Å². The molecule has 0 fully saturated rings. The van der Waals surface area contributed by atoms with Crippen LogP contribution in [0.5, 0.6) is 0 Å². The van der Waals surface area contributed by atoms with E-state index in [1.54, 1.807) is 0 Å². The quantitative estimate of drug-likeness (QED) is 0.735. The van der Waals surface area contributed by atoms with E-state index in [4.69, 9.17) is 0 Å². The Balaban J connectivity index is 2.53. The summed E-state index contributed by atoms with van der Waals surface area (Å²) in [5.74, 6) is 0. The molecule has 2 rings (SSSR count). The third kappa shape index (κ3) is 2.23. The first-order chi connectivity index (χ1) is 7.33. The predicted molar refractivity (Wildman–Crippen MR) is 70.3 cm³/mol. The van der Waals surface area contributed by atoms with Crippen molar-refractivity contribution < 1.29 is 0 Å². The van der Waals surface area contributed by atoms with E-state index in [-0.39, 0.29) is 0 Å². The van der Waals surface area contributed by atoms with Crippen LogP contribution in [0.4, 0.5) is 0 Å². The van der Waals surface area contributed by atoms with Crippen LogP contribution in [-0.2, 0) is 6.42 Å². The lowest BCUT2D eigenvalue weighted by molar-refractivity contribution is 0.799. The van der Waals surface area contributed by atoms with Gasteiger partial charge in [0.2, 0.25) is 0 Å². The van der Waals surface area contributed by atoms with E-state index >= 15 is 0 Å². The normalized spacial score (nSPS) is 10.8. The molecule has 78 valence electrons. The number of halogens is 1. The van der Waals surface area contributed by atoms with Crippen molar-refractivity contribution in [1.29, 1.82) is 0 Å². The van der Waals surface area contributed by atoms with Gasteiger partial charge >= 0.3 is 0 Å². The molecule has 0 radical (unpaired) electrons. The highest BCUT2D eigenvalue weighted by molar-refractivity contribution is 9.10. The molecule has 0 unspecified atom stereocenters. The van der Waals surface area contributed by atoms with Gasteiger partial charge in [0, 0.05) is 4.47 Å². The van der Waals surface area contributed by atoms with E-state index in [2.05, 4.69) is 59.3 Å². The van der Waals surface area contributed by atoms with Crippen molar-refractivity contribution in [2.75, 3.05) is 0 Å². The molecular formula is C14H15Br. The summed E-state index contributed by atoms with van der Waals surface area (Å²) in [7, 11) is 0. The summed E-state index contributed by atoms with van der Waals surface area (Å²) < 4.78 is 1.21. The standard InChI is InChI=1S/C14H15Br/c1-2-3-6-11-7-4-8-12-9-5-10-13(15)14(11)12/h4-5,7-10H,2-3,6H2,1H3. The molecular weight excluding hydrogens is 248 g/mol. The number of benzene rings is 2. The van der Waals surface area contributed by atoms with Crippen LogP contribution in [0.15, 0.2) is 40.9 Å². The van der Waals surface area contributed by atoms with Crippen LogP contribution in [0.1, 0.15) is 25.3 Å². The lowest BCUT2D eigenvalue weighted by atomic mass is 10.0. The van der Waals surface area contributed by atoms with Crippen molar-refractivity contribution in [3.8, 4) is 0 Å². The summed E-state index contributed by atoms with van der Waals surface area (Å²) in [4.78, 5) is 0. The van der Waals surface area contributed by atoms with Gasteiger partial charge in [-0.2, -0.15) is 0 Å². The Labute approximate surface area is 99.4 Å². The Kier molecular flexibility index (Phi) is 3.42. The minimum Gasteiger partial charge on any atom is -0.0654 e. The van der Waals surface area contributed by atoms with E-state index in [9.17, 15) is 0 Å². The number of hydrogen-bond acceptors (Lipinski definition) is 0. The van der Waals surface area contributed by atoms with Gasteiger partial charge in [-0.15, -0.1) is 0 Å². The van der Waals surface area contributed by atoms with Gasteiger partial charge in [0.25, 0.3) is 0 Å². The molecule has 0 aliphatic carbocycles. The smallest absolute Gasteiger partial charge is 0.0256 e. The highest BCUT2D eigenvalue weighted by atomic mass is 79.9. The lowest BCUT2D eigenvalue weighted by Gasteiger charge is -2.07. The molecule has 0 spiro atoms. The summed E-state index contributed by atoms with van der Waals surface area (Å²) in [6.07, 6.45) is 3.69. The number of unbranched alkanes of at least 4 members (excludes halogenated alkanes) is 1. The van der Waals surface area contributed by atoms with Gasteiger partial charge in [0.1, 0.15) is 0 Å². The summed E-state index contributed by atoms with van der Waals surface area (Å²) in [5, 5.41) is 2.71. The molecule has 0 amide bonds. The minimum atomic E-state index is 1.18. The van der Waals surface area contributed by atoms with Crippen LogP contribution in [0.25, 0.3) is 10.8 Å². The van der Waals surface area contributed by atoms with Crippen molar-refractivity contribution in [1.82, 2.24) is 0 Å². The van der Waals surface area contributed by atoms with Crippen LogP contribution >= 0.6 is 15.9 Å². The molecule has 0 atom stereocenters. The molecule has 2 aromatic carbocycles. The molecule has 0 heterocycles. The monoisotopic (exact) mass is 262 g/mol. The Morgan fingerprint density at radius 2 is 1.80 bits per heavy atom. The Hall–Kier alpha value is -0.820. The maximum absolute atomic E-state index is 3.64. The van der Waals surface area contributed by atoms with Crippen molar-refractivity contribution in [2.24, 2.45) is 0 Å². The molecule has 1 heteroatoms. The summed E-state index contributed by atoms with van der Waals surface area (Å²) in [6, 6.07) is 13.0. The third-order valence-electron chi connectivity index (χ3n) is 2.74. The van der Waals surface area contributed by atoms with Crippen molar-refractivity contribution >= 4 is 26.7 Å². The van der Waals surface area contributed by atoms with Gasteiger partial charge in [-0.1, -0.05) is 59.6 Å². The van der Waals surface area contributed by atoms with Crippen LogP contribution in [-0.4, -0.2) is 0 Å². The maximum atomic E-state index is 3.64. The fraction of sp³-hybridized carbons (Fsp3) is 0.286. The van der Waals surface area contributed by atoms with Crippen LogP contribution in [0.3, 0.4) is 0 Å². The Morgan fingerprint density at radius 3 is 2.53 bits per heavy atom. The molecule has 0 saturated heterocycles. The largest absolute Gasteiger partial charge is 0.0654 e. The Morgan fingerprint density at radius 1 is 1.07 bits per heavy atom. The van der Waals surface area contributed by atoms with Gasteiger partial charge < -0.3 is 0 Å². The maximum Gasteiger partial charge on any atom is 0.0256 e. The average Bonchev–Trinajstić information content (AvgIpc) is 2.26. The molecule has 2 aromatic rings. The summed E-state index contributed by atoms with van der Waals surface area (Å²) >= 11 is 3.64. The summed E-state index contributed by atoms with van der Waals surface area (Å²) in [6.45, 7) is 2.24. The fourth-order valence-corrected chi connectivity index (χ4v) is 2.58. The van der Waals surface area contributed by atoms with E-state index in [1.807, 2.05) is 0 Å². The van der Waals surface area contributed by atoms with E-state index in [0.29, 0.717) is 0 Å². The molecule has 15 heavy (non-hydrogen) atoms. The molecule has 0 aliphatic heterocycles. The highest BCUT2D eigenvalue weighted by Crippen LogP contribution is 2.28.